The SMILES string of the molecule is Nc1ccccc1CCC(=O)N1CCOCC1CC(O)c1cccs1. The molecule has 134 valence electrons. The first kappa shape index (κ1) is 17.9. The first-order valence-corrected chi connectivity index (χ1v) is 9.45. The Hall–Kier alpha value is -1.89. The lowest BCUT2D eigenvalue weighted by atomic mass is 10.0. The molecule has 3 N–H and O–H groups in total. The number of amides is 1. The van der Waals surface area contributed by atoms with Gasteiger partial charge in [-0.05, 0) is 29.5 Å². The van der Waals surface area contributed by atoms with Gasteiger partial charge in [0, 0.05) is 30.0 Å². The lowest BCUT2D eigenvalue weighted by Gasteiger charge is -2.36. The summed E-state index contributed by atoms with van der Waals surface area (Å²) in [6.07, 6.45) is 0.981. The molecule has 0 aliphatic carbocycles. The summed E-state index contributed by atoms with van der Waals surface area (Å²) in [6.45, 7) is 1.59. The molecule has 1 aromatic carbocycles. The van der Waals surface area contributed by atoms with Crippen LogP contribution >= 0.6 is 11.3 Å². The predicted molar refractivity (Wildman–Crippen MR) is 99.4 cm³/mol. The zero-order valence-electron chi connectivity index (χ0n) is 14.1. The molecule has 2 heterocycles. The number of benzene rings is 1. The molecule has 0 bridgehead atoms. The summed E-state index contributed by atoms with van der Waals surface area (Å²) in [5.41, 5.74) is 7.68. The molecular formula is C19H24N2O3S. The zero-order chi connectivity index (χ0) is 17.6. The van der Waals surface area contributed by atoms with Crippen molar-refractivity contribution in [3.63, 3.8) is 0 Å². The van der Waals surface area contributed by atoms with Crippen LogP contribution in [0, 0.1) is 0 Å². The number of nitrogens with zero attached hydrogens (tertiary/aromatic N) is 1. The Labute approximate surface area is 152 Å². The van der Waals surface area contributed by atoms with Gasteiger partial charge in [0.1, 0.15) is 0 Å². The van der Waals surface area contributed by atoms with Crippen molar-refractivity contribution in [2.75, 3.05) is 25.5 Å². The fraction of sp³-hybridized carbons (Fsp3) is 0.421. The average Bonchev–Trinajstić information content (AvgIpc) is 3.16. The molecule has 1 amide bonds. The normalized spacial score (nSPS) is 18.9. The first-order chi connectivity index (χ1) is 12.1. The van der Waals surface area contributed by atoms with E-state index in [4.69, 9.17) is 10.5 Å². The second kappa shape index (κ2) is 8.47. The van der Waals surface area contributed by atoms with Crippen LogP contribution in [0.4, 0.5) is 5.69 Å². The van der Waals surface area contributed by atoms with Crippen LogP contribution < -0.4 is 5.73 Å². The van der Waals surface area contributed by atoms with Gasteiger partial charge in [0.05, 0.1) is 25.4 Å². The molecule has 5 nitrogen and oxygen atoms in total. The third-order valence-electron chi connectivity index (χ3n) is 4.58. The summed E-state index contributed by atoms with van der Waals surface area (Å²) in [7, 11) is 0. The van der Waals surface area contributed by atoms with E-state index >= 15 is 0 Å². The van der Waals surface area contributed by atoms with Gasteiger partial charge < -0.3 is 20.5 Å². The number of rotatable bonds is 6. The maximum absolute atomic E-state index is 12.7. The van der Waals surface area contributed by atoms with Crippen molar-refractivity contribution in [3.8, 4) is 0 Å². The Morgan fingerprint density at radius 2 is 2.20 bits per heavy atom. The van der Waals surface area contributed by atoms with Gasteiger partial charge in [-0.15, -0.1) is 11.3 Å². The van der Waals surface area contributed by atoms with E-state index < -0.39 is 6.10 Å². The number of nitrogen functional groups attached to an aromatic ring is 1. The van der Waals surface area contributed by atoms with Crippen molar-refractivity contribution in [1.29, 1.82) is 0 Å². The van der Waals surface area contributed by atoms with E-state index in [1.807, 2.05) is 46.7 Å². The molecule has 1 aliphatic rings. The maximum atomic E-state index is 12.7. The first-order valence-electron chi connectivity index (χ1n) is 8.57. The van der Waals surface area contributed by atoms with Crippen LogP contribution in [0.5, 0.6) is 0 Å². The predicted octanol–water partition coefficient (Wildman–Crippen LogP) is 2.61. The average molecular weight is 360 g/mol. The van der Waals surface area contributed by atoms with E-state index in [1.165, 1.54) is 11.3 Å². The number of nitrogens with two attached hydrogens (primary N) is 1. The van der Waals surface area contributed by atoms with Crippen molar-refractivity contribution in [2.24, 2.45) is 0 Å². The van der Waals surface area contributed by atoms with Gasteiger partial charge in [-0.2, -0.15) is 0 Å². The molecule has 0 radical (unpaired) electrons. The number of thiophene rings is 1. The lowest BCUT2D eigenvalue weighted by Crippen LogP contribution is -2.49. The molecule has 6 heteroatoms. The van der Waals surface area contributed by atoms with Crippen molar-refractivity contribution in [3.05, 3.63) is 52.2 Å². The Morgan fingerprint density at radius 1 is 1.36 bits per heavy atom. The van der Waals surface area contributed by atoms with Crippen LogP contribution in [0.1, 0.15) is 29.4 Å². The summed E-state index contributed by atoms with van der Waals surface area (Å²) >= 11 is 1.53. The largest absolute Gasteiger partial charge is 0.399 e. The Balaban J connectivity index is 1.60. The third-order valence-corrected chi connectivity index (χ3v) is 5.55. The molecule has 0 saturated carbocycles. The number of carbonyl (C=O) groups excluding carboxylic acids is 1. The summed E-state index contributed by atoms with van der Waals surface area (Å²) in [5.74, 6) is 0.0925. The molecule has 1 fully saturated rings. The Kier molecular flexibility index (Phi) is 6.07. The molecule has 1 saturated heterocycles. The van der Waals surface area contributed by atoms with E-state index in [-0.39, 0.29) is 11.9 Å². The second-order valence-corrected chi connectivity index (χ2v) is 7.26. The minimum atomic E-state index is -0.563. The van der Waals surface area contributed by atoms with Crippen LogP contribution in [-0.4, -0.2) is 41.7 Å². The summed E-state index contributed by atoms with van der Waals surface area (Å²) in [4.78, 5) is 15.5. The Bertz CT molecular complexity index is 690. The van der Waals surface area contributed by atoms with Gasteiger partial charge in [-0.1, -0.05) is 24.3 Å². The highest BCUT2D eigenvalue weighted by molar-refractivity contribution is 7.10. The van der Waals surface area contributed by atoms with E-state index in [0.29, 0.717) is 39.0 Å². The van der Waals surface area contributed by atoms with Crippen molar-refractivity contribution >= 4 is 22.9 Å². The zero-order valence-corrected chi connectivity index (χ0v) is 15.0. The minimum absolute atomic E-state index is 0.0912. The number of anilines is 1. The monoisotopic (exact) mass is 360 g/mol. The number of hydrogen-bond donors (Lipinski definition) is 2. The van der Waals surface area contributed by atoms with E-state index in [0.717, 1.165) is 16.1 Å². The van der Waals surface area contributed by atoms with E-state index in [1.54, 1.807) is 0 Å². The number of aliphatic hydroxyl groups is 1. The van der Waals surface area contributed by atoms with Crippen molar-refractivity contribution in [2.45, 2.75) is 31.4 Å². The van der Waals surface area contributed by atoms with Crippen molar-refractivity contribution in [1.82, 2.24) is 4.90 Å². The molecule has 2 unspecified atom stereocenters. The van der Waals surface area contributed by atoms with Crippen LogP contribution in [0.15, 0.2) is 41.8 Å². The smallest absolute Gasteiger partial charge is 0.223 e. The number of aliphatic hydroxyl groups excluding tert-OH is 1. The standard InChI is InChI=1S/C19H24N2O3S/c20-16-5-2-1-4-14(16)7-8-19(23)21-9-10-24-13-15(21)12-17(22)18-6-3-11-25-18/h1-6,11,15,17,22H,7-10,12-13,20H2. The molecule has 0 spiro atoms. The Morgan fingerprint density at radius 3 is 2.96 bits per heavy atom. The van der Waals surface area contributed by atoms with Gasteiger partial charge in [0.15, 0.2) is 0 Å². The highest BCUT2D eigenvalue weighted by atomic mass is 32.1. The molecule has 2 atom stereocenters. The third kappa shape index (κ3) is 4.60. The molecular weight excluding hydrogens is 336 g/mol. The molecule has 25 heavy (non-hydrogen) atoms. The minimum Gasteiger partial charge on any atom is -0.399 e. The number of morpholine rings is 1. The van der Waals surface area contributed by atoms with E-state index in [9.17, 15) is 9.90 Å². The fourth-order valence-corrected chi connectivity index (χ4v) is 3.90. The van der Waals surface area contributed by atoms with Crippen LogP contribution in [0.3, 0.4) is 0 Å². The summed E-state index contributed by atoms with van der Waals surface area (Å²) < 4.78 is 5.54. The molecule has 3 rings (SSSR count). The topological polar surface area (TPSA) is 75.8 Å². The van der Waals surface area contributed by atoms with Crippen LogP contribution in [-0.2, 0) is 16.0 Å². The van der Waals surface area contributed by atoms with Gasteiger partial charge in [-0.3, -0.25) is 4.79 Å². The number of hydrogen-bond acceptors (Lipinski definition) is 5. The number of aryl methyl sites for hydroxylation is 1. The molecule has 1 aliphatic heterocycles. The lowest BCUT2D eigenvalue weighted by molar-refractivity contribution is -0.141. The van der Waals surface area contributed by atoms with Crippen LogP contribution in [0.2, 0.25) is 0 Å². The van der Waals surface area contributed by atoms with Gasteiger partial charge in [0.25, 0.3) is 0 Å². The van der Waals surface area contributed by atoms with E-state index in [2.05, 4.69) is 0 Å². The van der Waals surface area contributed by atoms with Gasteiger partial charge in [0.2, 0.25) is 5.91 Å². The van der Waals surface area contributed by atoms with Crippen molar-refractivity contribution < 1.29 is 14.6 Å². The quantitative estimate of drug-likeness (QED) is 0.777. The summed E-state index contributed by atoms with van der Waals surface area (Å²) in [5, 5.41) is 12.4. The number of carbonyl (C=O) groups is 1. The molecule has 2 aromatic rings. The van der Waals surface area contributed by atoms with Gasteiger partial charge >= 0.3 is 0 Å². The number of ether oxygens (including phenoxy) is 1. The maximum Gasteiger partial charge on any atom is 0.223 e. The highest BCUT2D eigenvalue weighted by Gasteiger charge is 2.29. The number of para-hydroxylation sites is 1. The second-order valence-electron chi connectivity index (χ2n) is 6.28. The summed E-state index contributed by atoms with van der Waals surface area (Å²) in [6, 6.07) is 11.4. The van der Waals surface area contributed by atoms with Gasteiger partial charge in [-0.25, -0.2) is 0 Å². The van der Waals surface area contributed by atoms with Crippen LogP contribution in [0.25, 0.3) is 0 Å². The molecule has 1 aromatic heterocycles. The highest BCUT2D eigenvalue weighted by Crippen LogP contribution is 2.26. The fourth-order valence-electron chi connectivity index (χ4n) is 3.18.